The number of carboxylic acid groups (broad SMARTS) is 7. The van der Waals surface area contributed by atoms with E-state index in [1.165, 1.54) is 0 Å². The van der Waals surface area contributed by atoms with Crippen molar-refractivity contribution in [1.82, 2.24) is 0 Å². The van der Waals surface area contributed by atoms with E-state index in [-0.39, 0.29) is 20.4 Å². The van der Waals surface area contributed by atoms with Crippen LogP contribution in [0, 0.1) is 0 Å². The Kier molecular flexibility index (Phi) is 66.3. The quantitative estimate of drug-likeness (QED) is 0.0270. The summed E-state index contributed by atoms with van der Waals surface area (Å²) in [6.45, 7) is -6.28. The topological polar surface area (TPSA) is 1130 Å². The van der Waals surface area contributed by atoms with E-state index in [9.17, 15) is 69.3 Å². The van der Waals surface area contributed by atoms with Crippen molar-refractivity contribution < 1.29 is 304 Å². The summed E-state index contributed by atoms with van der Waals surface area (Å²) >= 11 is 0. The zero-order valence-electron chi connectivity index (χ0n) is 53.5. The molecule has 630 valence electrons. The van der Waals surface area contributed by atoms with Crippen LogP contribution in [0.25, 0.3) is 0 Å². The van der Waals surface area contributed by atoms with E-state index in [0.717, 1.165) is 0 Å². The maximum atomic E-state index is 10.1. The number of aliphatic carboxylic acids is 7. The van der Waals surface area contributed by atoms with Gasteiger partial charge in [0.05, 0.1) is 88.0 Å². The van der Waals surface area contributed by atoms with E-state index >= 15 is 0 Å². The van der Waals surface area contributed by atoms with Crippen molar-refractivity contribution in [2.45, 2.75) is 214 Å². The number of hydrogen-bond acceptors (Lipinski definition) is 56. The molecule has 0 bridgehead atoms. The molecule has 0 aromatic rings. The predicted octanol–water partition coefficient (Wildman–Crippen LogP) is -38.3. The van der Waals surface area contributed by atoms with Gasteiger partial charge in [-0.2, -0.15) is 0 Å². The first-order valence-corrected chi connectivity index (χ1v) is 28.3. The van der Waals surface area contributed by atoms with Gasteiger partial charge in [0.1, 0.15) is 214 Å². The minimum atomic E-state index is -2.40. The fourth-order valence-corrected chi connectivity index (χ4v) is 6.05. The summed E-state index contributed by atoms with van der Waals surface area (Å²) in [6.07, 6.45) is -73.5. The zero-order valence-corrected chi connectivity index (χ0v) is 56.2. The Morgan fingerprint density at radius 2 is 0.217 bits per heavy atom. The molecule has 0 saturated carbocycles. The largest absolute Gasteiger partial charge is 7.00 e. The Bertz CT molecular complexity index is 1890. The normalized spacial score (nSPS) is 21.3. The third kappa shape index (κ3) is 43.0. The van der Waals surface area contributed by atoms with Gasteiger partial charge in [-0.3, -0.25) is 0 Å². The minimum absolute atomic E-state index is 0. The van der Waals surface area contributed by atoms with Crippen LogP contribution in [-0.4, -0.2) is 516 Å². The van der Waals surface area contributed by atoms with E-state index in [2.05, 4.69) is 0 Å². The number of carboxylic acids is 7. The van der Waals surface area contributed by atoms with Crippen LogP contribution in [0.4, 0.5) is 0 Å². The van der Waals surface area contributed by atoms with Crippen LogP contribution in [-0.2, 0) is 54.0 Å². The fraction of sp³-hybridized carbons (Fsp3) is 0.857. The van der Waals surface area contributed by atoms with Gasteiger partial charge >= 0.3 is 20.4 Å². The van der Waals surface area contributed by atoms with Crippen molar-refractivity contribution in [1.29, 1.82) is 0 Å². The molecular formula is C49H91O56Re. The number of carbonyl (C=O) groups excluding carboxylic acids is 7. The molecule has 0 aliphatic heterocycles. The zero-order chi connectivity index (χ0) is 85.2. The molecule has 0 radical (unpaired) electrons. The third-order valence-electron chi connectivity index (χ3n) is 12.9. The van der Waals surface area contributed by atoms with Crippen LogP contribution in [0.3, 0.4) is 0 Å². The van der Waals surface area contributed by atoms with Gasteiger partial charge < -0.3 is 284 Å². The third-order valence-corrected chi connectivity index (χ3v) is 12.9. The molecule has 0 heterocycles. The van der Waals surface area contributed by atoms with Gasteiger partial charge in [0.25, 0.3) is 0 Å². The molecule has 0 saturated heterocycles. The van der Waals surface area contributed by atoms with Gasteiger partial charge in [-0.05, 0) is 0 Å². The van der Waals surface area contributed by atoms with E-state index in [1.54, 1.807) is 0 Å². The van der Waals surface area contributed by atoms with Gasteiger partial charge in [0.2, 0.25) is 0 Å². The molecule has 0 rings (SSSR count). The summed E-state index contributed by atoms with van der Waals surface area (Å²) in [6, 6.07) is 0. The van der Waals surface area contributed by atoms with Crippen molar-refractivity contribution in [2.24, 2.45) is 0 Å². The molecule has 0 aromatic heterocycles. The monoisotopic (exact) mass is 1760 g/mol. The molecule has 35 atom stereocenters. The van der Waals surface area contributed by atoms with E-state index < -0.39 is 302 Å². The summed E-state index contributed by atoms with van der Waals surface area (Å²) in [5, 5.41) is 442. The van der Waals surface area contributed by atoms with Crippen LogP contribution in [0.1, 0.15) is 0 Å². The SMILES string of the molecule is O=C([O-])[C@H](O)[C@H](O)[C@H](O)[C@@H](O)[C@H](O)CO.O=C([O-])[C@H](O)[C@H](O)[C@H](O)[C@@H](O)[C@H](O)CO.O=C([O-])[C@H](O)[C@H](O)[C@H](O)[C@@H](O)[C@H](O)CO.O=C([O-])[C@H](O)[C@H](O)[C@H](O)[C@@H](O)[C@H](O)CO.O=C([O-])[C@H](O)[C@H](O)[C@H](O)[C@@H](O)[C@H](O)CO.O=C([O-])[C@H](O)[C@H](O)[C@H](O)[C@@H](O)[C@H](O)CO.O=C([O-])[C@H](O)[C@H](O)[C@H](O)[C@@H](O)[C@H](O)CO.[Re+7]. The second-order valence-corrected chi connectivity index (χ2v) is 20.9. The van der Waals surface area contributed by atoms with Crippen LogP contribution >= 0.6 is 0 Å². The average Bonchev–Trinajstić information content (AvgIpc) is 0.921. The molecule has 0 unspecified atom stereocenters. The molecule has 0 spiro atoms. The van der Waals surface area contributed by atoms with Crippen LogP contribution in [0.5, 0.6) is 0 Å². The van der Waals surface area contributed by atoms with Gasteiger partial charge in [0, 0.05) is 0 Å². The molecule has 57 heteroatoms. The summed E-state index contributed by atoms with van der Waals surface area (Å²) < 4.78 is 0. The molecule has 0 aromatic carbocycles. The molecule has 42 N–H and O–H groups in total. The van der Waals surface area contributed by atoms with E-state index in [1.807, 2.05) is 0 Å². The van der Waals surface area contributed by atoms with Gasteiger partial charge in [0.15, 0.2) is 0 Å². The Hall–Kier alpha value is -4.73. The van der Waals surface area contributed by atoms with E-state index in [4.69, 9.17) is 214 Å². The molecular weight excluding hydrogens is 1670 g/mol. The molecule has 0 fully saturated rings. The minimum Gasteiger partial charge on any atom is -0.547 e. The number of carbonyl (C=O) groups is 7. The number of hydrogen-bond donors (Lipinski definition) is 42. The second kappa shape index (κ2) is 60.1. The summed E-state index contributed by atoms with van der Waals surface area (Å²) in [5.41, 5.74) is 0. The summed E-state index contributed by atoms with van der Waals surface area (Å²) in [5.74, 6) is -14.2. The second-order valence-electron chi connectivity index (χ2n) is 20.9. The molecule has 0 aliphatic carbocycles. The first-order valence-electron chi connectivity index (χ1n) is 28.3. The van der Waals surface area contributed by atoms with Crippen LogP contribution in [0.15, 0.2) is 0 Å². The fourth-order valence-electron chi connectivity index (χ4n) is 6.05. The molecule has 0 amide bonds. The first-order chi connectivity index (χ1) is 47.8. The molecule has 106 heavy (non-hydrogen) atoms. The summed E-state index contributed by atoms with van der Waals surface area (Å²) in [4.78, 5) is 70.6. The van der Waals surface area contributed by atoms with Crippen LogP contribution < -0.4 is 35.7 Å². The maximum absolute atomic E-state index is 10.1. The first kappa shape index (κ1) is 117. The van der Waals surface area contributed by atoms with Crippen molar-refractivity contribution in [3.8, 4) is 0 Å². The van der Waals surface area contributed by atoms with Crippen molar-refractivity contribution in [3.05, 3.63) is 0 Å². The Morgan fingerprint density at radius 1 is 0.151 bits per heavy atom. The van der Waals surface area contributed by atoms with Crippen molar-refractivity contribution in [3.63, 3.8) is 0 Å². The van der Waals surface area contributed by atoms with Crippen molar-refractivity contribution in [2.75, 3.05) is 46.2 Å². The Balaban J connectivity index is -0.000000176. The molecule has 0 aliphatic rings. The van der Waals surface area contributed by atoms with Crippen LogP contribution in [0.2, 0.25) is 0 Å². The number of rotatable bonds is 42. The van der Waals surface area contributed by atoms with Gasteiger partial charge in [-0.1, -0.05) is 0 Å². The Labute approximate surface area is 604 Å². The van der Waals surface area contributed by atoms with Gasteiger partial charge in [-0.15, -0.1) is 0 Å². The van der Waals surface area contributed by atoms with E-state index in [0.29, 0.717) is 0 Å². The number of aliphatic hydroxyl groups excluding tert-OH is 42. The standard InChI is InChI=1S/7C7H14O8.Re/c7*8-1-2(9)3(10)4(11)5(12)6(13)7(14)15;/h7*2-6,8-13H,1H2,(H,14,15);/q;;;;;;;+7/p-7/t7*2-,3+,4-,5-,6-;/m1111111./s1. The molecule has 56 nitrogen and oxygen atoms in total. The smallest absolute Gasteiger partial charge is 0.547 e. The average molecular weight is 1760 g/mol. The van der Waals surface area contributed by atoms with Gasteiger partial charge in [-0.25, -0.2) is 0 Å². The maximum Gasteiger partial charge on any atom is 7.00 e. The predicted molar refractivity (Wildman–Crippen MR) is 295 cm³/mol. The number of aliphatic hydroxyl groups is 42. The Morgan fingerprint density at radius 3 is 0.264 bits per heavy atom. The summed E-state index contributed by atoms with van der Waals surface area (Å²) in [7, 11) is 0. The van der Waals surface area contributed by atoms with Crippen molar-refractivity contribution >= 4 is 41.8 Å².